The lowest BCUT2D eigenvalue weighted by Gasteiger charge is -2.27. The monoisotopic (exact) mass is 368 g/mol. The first-order valence-corrected chi connectivity index (χ1v) is 12.0. The van der Waals surface area contributed by atoms with Crippen molar-refractivity contribution in [2.75, 3.05) is 12.4 Å². The molecule has 2 aliphatic carbocycles. The van der Waals surface area contributed by atoms with Crippen molar-refractivity contribution in [3.05, 3.63) is 0 Å². The lowest BCUT2D eigenvalue weighted by molar-refractivity contribution is -0.109. The second-order valence-electron chi connectivity index (χ2n) is 8.42. The number of hydrogen-bond donors (Lipinski definition) is 0. The Morgan fingerprint density at radius 3 is 1.92 bits per heavy atom. The molecule has 0 heterocycles. The Bertz CT molecular complexity index is 350. The van der Waals surface area contributed by atoms with Crippen molar-refractivity contribution in [3.8, 4) is 0 Å². The summed E-state index contributed by atoms with van der Waals surface area (Å²) >= 11 is 1.52. The van der Waals surface area contributed by atoms with E-state index in [-0.39, 0.29) is 5.12 Å². The Morgan fingerprint density at radius 2 is 1.32 bits per heavy atom. The Hall–Kier alpha value is -0.0200. The predicted octanol–water partition coefficient (Wildman–Crippen LogP) is 6.76. The quantitative estimate of drug-likeness (QED) is 0.536. The highest BCUT2D eigenvalue weighted by Crippen LogP contribution is 2.28. The Morgan fingerprint density at radius 1 is 0.800 bits per heavy atom. The third-order valence-electron chi connectivity index (χ3n) is 6.05. The molecule has 2 fully saturated rings. The predicted molar refractivity (Wildman–Crippen MR) is 109 cm³/mol. The lowest BCUT2D eigenvalue weighted by atomic mass is 9.90. The zero-order valence-electron chi connectivity index (χ0n) is 16.5. The lowest BCUT2D eigenvalue weighted by Crippen LogP contribution is -2.23. The van der Waals surface area contributed by atoms with Crippen molar-refractivity contribution >= 4 is 16.9 Å². The van der Waals surface area contributed by atoms with Gasteiger partial charge >= 0.3 is 0 Å². The molecule has 0 bridgehead atoms. The Labute approximate surface area is 160 Å². The average Bonchev–Trinajstić information content (AvgIpc) is 2.57. The van der Waals surface area contributed by atoms with E-state index in [4.69, 9.17) is 4.74 Å². The van der Waals surface area contributed by atoms with Crippen LogP contribution in [0.3, 0.4) is 0 Å². The summed E-state index contributed by atoms with van der Waals surface area (Å²) < 4.78 is 6.49. The zero-order valence-corrected chi connectivity index (χ0v) is 17.3. The van der Waals surface area contributed by atoms with Crippen LogP contribution in [0.25, 0.3) is 0 Å². The molecule has 0 spiro atoms. The van der Waals surface area contributed by atoms with Crippen LogP contribution in [0.15, 0.2) is 0 Å². The van der Waals surface area contributed by atoms with E-state index in [0.29, 0.717) is 12.0 Å². The molecule has 2 saturated carbocycles. The van der Waals surface area contributed by atoms with Crippen LogP contribution in [-0.2, 0) is 9.53 Å². The van der Waals surface area contributed by atoms with E-state index in [9.17, 15) is 4.79 Å². The fourth-order valence-electron chi connectivity index (χ4n) is 4.46. The molecule has 2 rings (SSSR count). The molecule has 0 aromatic heterocycles. The summed E-state index contributed by atoms with van der Waals surface area (Å²) in [6.45, 7) is 2.69. The number of ether oxygens (including phenoxy) is 1. The maximum absolute atomic E-state index is 11.4. The van der Waals surface area contributed by atoms with Crippen molar-refractivity contribution in [2.24, 2.45) is 11.8 Å². The minimum absolute atomic E-state index is 0.268. The zero-order chi connectivity index (χ0) is 17.7. The van der Waals surface area contributed by atoms with Gasteiger partial charge in [-0.05, 0) is 43.9 Å². The van der Waals surface area contributed by atoms with E-state index in [1.807, 2.05) is 0 Å². The van der Waals surface area contributed by atoms with Crippen LogP contribution in [0.1, 0.15) is 103 Å². The van der Waals surface area contributed by atoms with Gasteiger partial charge in [-0.3, -0.25) is 4.79 Å². The third-order valence-corrected chi connectivity index (χ3v) is 7.09. The van der Waals surface area contributed by atoms with Crippen LogP contribution in [0.5, 0.6) is 0 Å². The van der Waals surface area contributed by atoms with Gasteiger partial charge in [0, 0.05) is 19.3 Å². The number of hydrogen-bond acceptors (Lipinski definition) is 3. The van der Waals surface area contributed by atoms with E-state index >= 15 is 0 Å². The molecule has 0 aliphatic heterocycles. The summed E-state index contributed by atoms with van der Waals surface area (Å²) in [6, 6.07) is 0. The van der Waals surface area contributed by atoms with Crippen molar-refractivity contribution in [1.29, 1.82) is 0 Å². The topological polar surface area (TPSA) is 26.3 Å². The first-order chi connectivity index (χ1) is 12.2. The van der Waals surface area contributed by atoms with E-state index < -0.39 is 0 Å². The summed E-state index contributed by atoms with van der Waals surface area (Å²) in [7, 11) is 0. The maximum Gasteiger partial charge on any atom is 0.185 e. The molecule has 2 nitrogen and oxygen atoms in total. The Balaban J connectivity index is 1.81. The van der Waals surface area contributed by atoms with Crippen molar-refractivity contribution in [3.63, 3.8) is 0 Å². The highest BCUT2D eigenvalue weighted by molar-refractivity contribution is 8.13. The first kappa shape index (κ1) is 21.3. The van der Waals surface area contributed by atoms with Crippen molar-refractivity contribution in [1.82, 2.24) is 0 Å². The number of carbonyl (C=O) groups excluding carboxylic acids is 1. The molecule has 2 aliphatic rings. The summed E-state index contributed by atoms with van der Waals surface area (Å²) in [5.41, 5.74) is 0. The highest BCUT2D eigenvalue weighted by atomic mass is 32.2. The standard InChI is InChI=1S/C22H40O2S/c1-19(23)25-18-21-14-10-6-3-7-11-15-22(16-21)24-17-20-12-8-4-2-5-9-13-20/h20-22H,2-18H2,1H3. The summed E-state index contributed by atoms with van der Waals surface area (Å²) in [6.07, 6.45) is 20.7. The van der Waals surface area contributed by atoms with Gasteiger partial charge in [0.2, 0.25) is 0 Å². The van der Waals surface area contributed by atoms with E-state index in [1.54, 1.807) is 6.92 Å². The molecule has 2 unspecified atom stereocenters. The van der Waals surface area contributed by atoms with Gasteiger partial charge in [0.1, 0.15) is 0 Å². The van der Waals surface area contributed by atoms with Gasteiger partial charge in [0.25, 0.3) is 0 Å². The van der Waals surface area contributed by atoms with Gasteiger partial charge in [0.15, 0.2) is 5.12 Å². The molecule has 0 aromatic carbocycles. The molecule has 2 atom stereocenters. The first-order valence-electron chi connectivity index (χ1n) is 11.0. The van der Waals surface area contributed by atoms with Crippen LogP contribution in [0, 0.1) is 11.8 Å². The molecule has 0 amide bonds. The molecule has 0 N–H and O–H groups in total. The average molecular weight is 369 g/mol. The largest absolute Gasteiger partial charge is 0.378 e. The summed E-state index contributed by atoms with van der Waals surface area (Å²) in [4.78, 5) is 11.4. The van der Waals surface area contributed by atoms with E-state index in [1.165, 1.54) is 108 Å². The third kappa shape index (κ3) is 10.0. The molecule has 146 valence electrons. The molecule has 0 saturated heterocycles. The summed E-state index contributed by atoms with van der Waals surface area (Å²) in [5.74, 6) is 2.45. The fourth-order valence-corrected chi connectivity index (χ4v) is 5.23. The normalized spacial score (nSPS) is 28.0. The Kier molecular flexibility index (Phi) is 11.2. The smallest absolute Gasteiger partial charge is 0.185 e. The fraction of sp³-hybridized carbons (Fsp3) is 0.955. The van der Waals surface area contributed by atoms with Crippen LogP contribution in [0.2, 0.25) is 0 Å². The van der Waals surface area contributed by atoms with Gasteiger partial charge < -0.3 is 4.74 Å². The molecule has 25 heavy (non-hydrogen) atoms. The van der Waals surface area contributed by atoms with Crippen LogP contribution in [-0.4, -0.2) is 23.6 Å². The van der Waals surface area contributed by atoms with E-state index in [2.05, 4.69) is 0 Å². The van der Waals surface area contributed by atoms with Gasteiger partial charge in [-0.15, -0.1) is 0 Å². The van der Waals surface area contributed by atoms with Crippen LogP contribution >= 0.6 is 11.8 Å². The van der Waals surface area contributed by atoms with E-state index in [0.717, 1.165) is 18.3 Å². The molecule has 0 aromatic rings. The molecule has 0 radical (unpaired) electrons. The van der Waals surface area contributed by atoms with Crippen molar-refractivity contribution in [2.45, 2.75) is 109 Å². The van der Waals surface area contributed by atoms with Crippen molar-refractivity contribution < 1.29 is 9.53 Å². The molecular weight excluding hydrogens is 328 g/mol. The van der Waals surface area contributed by atoms with Crippen LogP contribution in [0.4, 0.5) is 0 Å². The highest BCUT2D eigenvalue weighted by Gasteiger charge is 2.21. The van der Waals surface area contributed by atoms with Gasteiger partial charge in [-0.25, -0.2) is 0 Å². The second-order valence-corrected chi connectivity index (χ2v) is 9.61. The second kappa shape index (κ2) is 13.2. The number of carbonyl (C=O) groups is 1. The van der Waals surface area contributed by atoms with Gasteiger partial charge in [-0.2, -0.15) is 0 Å². The van der Waals surface area contributed by atoms with Crippen LogP contribution < -0.4 is 0 Å². The summed E-state index contributed by atoms with van der Waals surface area (Å²) in [5, 5.41) is 0.268. The number of thioether (sulfide) groups is 1. The minimum atomic E-state index is 0.268. The number of rotatable bonds is 5. The SMILES string of the molecule is CC(=O)SCC1CCCCCCCC(OCC2CCCCCCC2)C1. The maximum atomic E-state index is 11.4. The van der Waals surface area contributed by atoms with Gasteiger partial charge in [-0.1, -0.05) is 76.0 Å². The van der Waals surface area contributed by atoms with Gasteiger partial charge in [0.05, 0.1) is 6.10 Å². The minimum Gasteiger partial charge on any atom is -0.378 e. The molecular formula is C22H40O2S. The molecule has 3 heteroatoms.